The van der Waals surface area contributed by atoms with E-state index >= 15 is 0 Å². The molecular weight excluding hydrogens is 250 g/mol. The van der Waals surface area contributed by atoms with Crippen LogP contribution < -0.4 is 0 Å². The van der Waals surface area contributed by atoms with Crippen LogP contribution in [0.5, 0.6) is 0 Å². The van der Waals surface area contributed by atoms with Gasteiger partial charge in [-0.3, -0.25) is 4.79 Å². The number of carbonyl (C=O) groups excluding carboxylic acids is 1. The smallest absolute Gasteiger partial charge is 0.305 e. The summed E-state index contributed by atoms with van der Waals surface area (Å²) in [5.74, 6) is -0.357. The van der Waals surface area contributed by atoms with Gasteiger partial charge in [0.15, 0.2) is 0 Å². The van der Waals surface area contributed by atoms with Gasteiger partial charge in [0.25, 0.3) is 6.43 Å². The second-order valence-electron chi connectivity index (χ2n) is 3.50. The summed E-state index contributed by atoms with van der Waals surface area (Å²) in [5, 5.41) is 0. The van der Waals surface area contributed by atoms with Gasteiger partial charge in [0, 0.05) is 17.9 Å². The highest BCUT2D eigenvalue weighted by atomic mass is 35.5. The van der Waals surface area contributed by atoms with Crippen LogP contribution in [0.3, 0.4) is 0 Å². The Labute approximate surface area is 104 Å². The number of hydrogen-bond acceptors (Lipinski definition) is 2. The lowest BCUT2D eigenvalue weighted by Crippen LogP contribution is -2.05. The number of benzene rings is 1. The predicted molar refractivity (Wildman–Crippen MR) is 61.3 cm³/mol. The van der Waals surface area contributed by atoms with Gasteiger partial charge in [-0.1, -0.05) is 18.2 Å². The van der Waals surface area contributed by atoms with Gasteiger partial charge >= 0.3 is 5.97 Å². The molecule has 2 nitrogen and oxygen atoms in total. The van der Waals surface area contributed by atoms with E-state index in [1.165, 1.54) is 13.2 Å². The molecule has 0 fully saturated rings. The van der Waals surface area contributed by atoms with Gasteiger partial charge in [-0.25, -0.2) is 8.78 Å². The van der Waals surface area contributed by atoms with Crippen molar-refractivity contribution in [3.05, 3.63) is 34.9 Å². The average Bonchev–Trinajstić information content (AvgIpc) is 2.34. The van der Waals surface area contributed by atoms with Crippen molar-refractivity contribution < 1.29 is 18.3 Å². The van der Waals surface area contributed by atoms with Crippen molar-refractivity contribution in [2.75, 3.05) is 7.11 Å². The molecule has 94 valence electrons. The zero-order valence-corrected chi connectivity index (χ0v) is 10.1. The second kappa shape index (κ2) is 6.55. The van der Waals surface area contributed by atoms with E-state index < -0.39 is 6.43 Å². The Kier molecular flexibility index (Phi) is 5.35. The van der Waals surface area contributed by atoms with Crippen molar-refractivity contribution >= 4 is 17.6 Å². The number of carbonyl (C=O) groups is 1. The third-order valence-corrected chi connectivity index (χ3v) is 2.77. The van der Waals surface area contributed by atoms with E-state index in [2.05, 4.69) is 4.74 Å². The highest BCUT2D eigenvalue weighted by molar-refractivity contribution is 6.17. The third kappa shape index (κ3) is 3.66. The fourth-order valence-electron chi connectivity index (χ4n) is 1.59. The van der Waals surface area contributed by atoms with Gasteiger partial charge in [-0.15, -0.1) is 11.6 Å². The Bertz CT molecular complexity index is 394. The van der Waals surface area contributed by atoms with E-state index in [1.807, 2.05) is 0 Å². The minimum absolute atomic E-state index is 0.0109. The summed E-state index contributed by atoms with van der Waals surface area (Å²) in [5.41, 5.74) is 1.01. The van der Waals surface area contributed by atoms with E-state index in [0.717, 1.165) is 0 Å². The zero-order valence-electron chi connectivity index (χ0n) is 9.38. The number of esters is 1. The molecule has 17 heavy (non-hydrogen) atoms. The number of aryl methyl sites for hydroxylation is 1. The number of alkyl halides is 3. The minimum Gasteiger partial charge on any atom is -0.469 e. The molecule has 0 spiro atoms. The maximum absolute atomic E-state index is 12.7. The Morgan fingerprint density at radius 3 is 2.71 bits per heavy atom. The van der Waals surface area contributed by atoms with Gasteiger partial charge in [0.2, 0.25) is 0 Å². The molecule has 5 heteroatoms. The molecule has 0 aliphatic rings. The summed E-state index contributed by atoms with van der Waals surface area (Å²) in [6.07, 6.45) is -2.04. The summed E-state index contributed by atoms with van der Waals surface area (Å²) >= 11 is 5.68. The average molecular weight is 263 g/mol. The fourth-order valence-corrected chi connectivity index (χ4v) is 1.92. The first-order valence-electron chi connectivity index (χ1n) is 5.11. The van der Waals surface area contributed by atoms with Crippen LogP contribution >= 0.6 is 11.6 Å². The summed E-state index contributed by atoms with van der Waals surface area (Å²) in [6, 6.07) is 4.60. The Hall–Kier alpha value is -1.16. The van der Waals surface area contributed by atoms with Gasteiger partial charge in [-0.05, 0) is 17.5 Å². The zero-order chi connectivity index (χ0) is 12.8. The maximum atomic E-state index is 12.7. The second-order valence-corrected chi connectivity index (χ2v) is 3.76. The summed E-state index contributed by atoms with van der Waals surface area (Å²) < 4.78 is 29.9. The molecular formula is C12H13ClF2O2. The lowest BCUT2D eigenvalue weighted by molar-refractivity contribution is -0.140. The SMILES string of the molecule is COC(=O)CCc1cccc(C(F)F)c1CCl. The van der Waals surface area contributed by atoms with Crippen LogP contribution in [0.2, 0.25) is 0 Å². The molecule has 0 unspecified atom stereocenters. The lowest BCUT2D eigenvalue weighted by Gasteiger charge is -2.11. The normalized spacial score (nSPS) is 10.6. The van der Waals surface area contributed by atoms with Crippen molar-refractivity contribution in [1.29, 1.82) is 0 Å². The molecule has 0 atom stereocenters. The molecule has 0 bridgehead atoms. The van der Waals surface area contributed by atoms with E-state index in [1.54, 1.807) is 12.1 Å². The molecule has 0 aliphatic carbocycles. The number of ether oxygens (including phenoxy) is 1. The van der Waals surface area contributed by atoms with Gasteiger partial charge in [0.1, 0.15) is 0 Å². The number of methoxy groups -OCH3 is 1. The van der Waals surface area contributed by atoms with E-state index in [4.69, 9.17) is 11.6 Å². The highest BCUT2D eigenvalue weighted by Crippen LogP contribution is 2.27. The van der Waals surface area contributed by atoms with Crippen molar-refractivity contribution in [2.45, 2.75) is 25.1 Å². The van der Waals surface area contributed by atoms with E-state index in [0.29, 0.717) is 17.5 Å². The summed E-state index contributed by atoms with van der Waals surface area (Å²) in [6.45, 7) is 0. The van der Waals surface area contributed by atoms with Gasteiger partial charge < -0.3 is 4.74 Å². The van der Waals surface area contributed by atoms with Crippen LogP contribution in [-0.4, -0.2) is 13.1 Å². The number of halogens is 3. The van der Waals surface area contributed by atoms with Crippen molar-refractivity contribution in [3.63, 3.8) is 0 Å². The molecule has 1 rings (SSSR count). The first-order valence-corrected chi connectivity index (χ1v) is 5.65. The topological polar surface area (TPSA) is 26.3 Å². The molecule has 0 heterocycles. The molecule has 0 amide bonds. The van der Waals surface area contributed by atoms with Crippen LogP contribution in [-0.2, 0) is 21.8 Å². The Morgan fingerprint density at radius 2 is 2.18 bits per heavy atom. The van der Waals surface area contributed by atoms with E-state index in [9.17, 15) is 13.6 Å². The lowest BCUT2D eigenvalue weighted by atomic mass is 9.99. The largest absolute Gasteiger partial charge is 0.469 e. The quantitative estimate of drug-likeness (QED) is 0.600. The molecule has 0 radical (unpaired) electrons. The minimum atomic E-state index is -2.55. The third-order valence-electron chi connectivity index (χ3n) is 2.50. The van der Waals surface area contributed by atoms with Gasteiger partial charge in [0.05, 0.1) is 7.11 Å². The Morgan fingerprint density at radius 1 is 1.47 bits per heavy atom. The van der Waals surface area contributed by atoms with Crippen molar-refractivity contribution in [1.82, 2.24) is 0 Å². The van der Waals surface area contributed by atoms with Crippen molar-refractivity contribution in [3.8, 4) is 0 Å². The van der Waals surface area contributed by atoms with Crippen LogP contribution in [0.1, 0.15) is 29.5 Å². The molecule has 0 aliphatic heterocycles. The monoisotopic (exact) mass is 262 g/mol. The first kappa shape index (κ1) is 13.9. The predicted octanol–water partition coefficient (Wildman–Crippen LogP) is 3.47. The number of hydrogen-bond donors (Lipinski definition) is 0. The van der Waals surface area contributed by atoms with Crippen LogP contribution in [0.25, 0.3) is 0 Å². The summed E-state index contributed by atoms with van der Waals surface area (Å²) in [7, 11) is 1.29. The Balaban J connectivity index is 2.91. The molecule has 0 saturated carbocycles. The van der Waals surface area contributed by atoms with Crippen molar-refractivity contribution in [2.24, 2.45) is 0 Å². The van der Waals surface area contributed by atoms with Crippen LogP contribution in [0, 0.1) is 0 Å². The molecule has 0 saturated heterocycles. The van der Waals surface area contributed by atoms with Gasteiger partial charge in [-0.2, -0.15) is 0 Å². The fraction of sp³-hybridized carbons (Fsp3) is 0.417. The number of rotatable bonds is 5. The standard InChI is InChI=1S/C12H13ClF2O2/c1-17-11(16)6-5-8-3-2-4-9(12(14)15)10(8)7-13/h2-4,12H,5-7H2,1H3. The summed E-state index contributed by atoms with van der Waals surface area (Å²) in [4.78, 5) is 11.0. The molecule has 0 N–H and O–H groups in total. The molecule has 0 aromatic heterocycles. The molecule has 1 aromatic rings. The maximum Gasteiger partial charge on any atom is 0.305 e. The highest BCUT2D eigenvalue weighted by Gasteiger charge is 2.15. The van der Waals surface area contributed by atoms with Crippen LogP contribution in [0.4, 0.5) is 8.78 Å². The first-order chi connectivity index (χ1) is 8.10. The van der Waals surface area contributed by atoms with E-state index in [-0.39, 0.29) is 23.8 Å². The van der Waals surface area contributed by atoms with Crippen LogP contribution in [0.15, 0.2) is 18.2 Å². The molecule has 1 aromatic carbocycles.